The Balaban J connectivity index is 1.42. The predicted molar refractivity (Wildman–Crippen MR) is 107 cm³/mol. The minimum Gasteiger partial charge on any atom is -0.497 e. The summed E-state index contributed by atoms with van der Waals surface area (Å²) in [5.41, 5.74) is 0.293. The van der Waals surface area contributed by atoms with E-state index in [0.29, 0.717) is 50.8 Å². The molecule has 154 valence electrons. The quantitative estimate of drug-likeness (QED) is 0.701. The molecule has 0 spiro atoms. The van der Waals surface area contributed by atoms with Crippen molar-refractivity contribution in [2.24, 2.45) is 0 Å². The molecule has 29 heavy (non-hydrogen) atoms. The van der Waals surface area contributed by atoms with Crippen LogP contribution in [0.3, 0.4) is 0 Å². The molecule has 2 amide bonds. The Labute approximate surface area is 169 Å². The van der Waals surface area contributed by atoms with Gasteiger partial charge in [-0.05, 0) is 36.4 Å². The molecule has 1 aromatic heterocycles. The molecular weight excluding hydrogens is 374 g/mol. The highest BCUT2D eigenvalue weighted by Gasteiger charge is 2.24. The maximum Gasteiger partial charge on any atom is 0.274 e. The molecular formula is C20H25N5O4. The zero-order valence-electron chi connectivity index (χ0n) is 16.6. The van der Waals surface area contributed by atoms with E-state index in [1.54, 1.807) is 29.0 Å². The smallest absolute Gasteiger partial charge is 0.274 e. The lowest BCUT2D eigenvalue weighted by molar-refractivity contribution is -0.130. The number of ether oxygens (including phenoxy) is 2. The van der Waals surface area contributed by atoms with E-state index < -0.39 is 0 Å². The van der Waals surface area contributed by atoms with Crippen LogP contribution in [0.5, 0.6) is 11.5 Å². The van der Waals surface area contributed by atoms with Crippen LogP contribution in [0.2, 0.25) is 0 Å². The van der Waals surface area contributed by atoms with E-state index in [2.05, 4.69) is 15.5 Å². The number of piperazine rings is 1. The highest BCUT2D eigenvalue weighted by Crippen LogP contribution is 2.16. The molecule has 1 N–H and O–H groups in total. The molecule has 0 saturated carbocycles. The van der Waals surface area contributed by atoms with Gasteiger partial charge in [-0.2, -0.15) is 0 Å². The Morgan fingerprint density at radius 2 is 1.62 bits per heavy atom. The van der Waals surface area contributed by atoms with Gasteiger partial charge < -0.3 is 24.6 Å². The molecule has 0 aliphatic carbocycles. The van der Waals surface area contributed by atoms with Crippen LogP contribution >= 0.6 is 0 Å². The summed E-state index contributed by atoms with van der Waals surface area (Å²) >= 11 is 0. The van der Waals surface area contributed by atoms with Gasteiger partial charge in [-0.25, -0.2) is 0 Å². The van der Waals surface area contributed by atoms with E-state index in [-0.39, 0.29) is 11.8 Å². The Morgan fingerprint density at radius 1 is 0.966 bits per heavy atom. The van der Waals surface area contributed by atoms with E-state index >= 15 is 0 Å². The summed E-state index contributed by atoms with van der Waals surface area (Å²) < 4.78 is 10.7. The number of rotatable bonds is 7. The van der Waals surface area contributed by atoms with Crippen LogP contribution in [0.15, 0.2) is 36.4 Å². The number of hydrogen-bond acceptors (Lipinski definition) is 7. The van der Waals surface area contributed by atoms with Crippen molar-refractivity contribution < 1.29 is 19.1 Å². The SMILES string of the molecule is COc1ccc(OCCNc2ccc(C(=O)N3CCN(C(C)=O)CC3)nn2)cc1. The van der Waals surface area contributed by atoms with Crippen LogP contribution in [0, 0.1) is 0 Å². The van der Waals surface area contributed by atoms with Crippen molar-refractivity contribution in [3.8, 4) is 11.5 Å². The van der Waals surface area contributed by atoms with Crippen LogP contribution in [0.1, 0.15) is 17.4 Å². The molecule has 2 aromatic rings. The first-order valence-corrected chi connectivity index (χ1v) is 9.46. The van der Waals surface area contributed by atoms with Crippen molar-refractivity contribution in [2.45, 2.75) is 6.92 Å². The molecule has 1 aromatic carbocycles. The van der Waals surface area contributed by atoms with E-state index in [4.69, 9.17) is 9.47 Å². The van der Waals surface area contributed by atoms with Crippen molar-refractivity contribution in [3.63, 3.8) is 0 Å². The van der Waals surface area contributed by atoms with Crippen LogP contribution < -0.4 is 14.8 Å². The summed E-state index contributed by atoms with van der Waals surface area (Å²) in [7, 11) is 1.62. The maximum absolute atomic E-state index is 12.5. The number of aromatic nitrogens is 2. The van der Waals surface area contributed by atoms with Crippen molar-refractivity contribution in [1.82, 2.24) is 20.0 Å². The third-order valence-electron chi connectivity index (χ3n) is 4.63. The van der Waals surface area contributed by atoms with Gasteiger partial charge in [0.05, 0.1) is 13.7 Å². The lowest BCUT2D eigenvalue weighted by Crippen LogP contribution is -2.50. The Hall–Kier alpha value is -3.36. The molecule has 3 rings (SSSR count). The number of nitrogens with zero attached hydrogens (tertiary/aromatic N) is 4. The molecule has 1 aliphatic heterocycles. The molecule has 1 aliphatic rings. The summed E-state index contributed by atoms with van der Waals surface area (Å²) in [6.07, 6.45) is 0. The van der Waals surface area contributed by atoms with Gasteiger partial charge in [-0.15, -0.1) is 10.2 Å². The molecule has 0 unspecified atom stereocenters. The molecule has 1 saturated heterocycles. The first-order valence-electron chi connectivity index (χ1n) is 9.46. The minimum absolute atomic E-state index is 0.0308. The highest BCUT2D eigenvalue weighted by molar-refractivity contribution is 5.92. The normalized spacial score (nSPS) is 13.7. The summed E-state index contributed by atoms with van der Waals surface area (Å²) in [6.45, 7) is 4.63. The summed E-state index contributed by atoms with van der Waals surface area (Å²) in [4.78, 5) is 27.3. The van der Waals surface area contributed by atoms with Crippen LogP contribution in [-0.4, -0.2) is 78.3 Å². The summed E-state index contributed by atoms with van der Waals surface area (Å²) in [5.74, 6) is 1.96. The third kappa shape index (κ3) is 5.56. The number of nitrogens with one attached hydrogen (secondary N) is 1. The number of anilines is 1. The number of hydrogen-bond donors (Lipinski definition) is 1. The minimum atomic E-state index is -0.171. The zero-order valence-corrected chi connectivity index (χ0v) is 16.6. The molecule has 9 heteroatoms. The standard InChI is InChI=1S/C20H25N5O4/c1-15(26)24-10-12-25(13-11-24)20(27)18-7-8-19(23-22-18)21-9-14-29-17-5-3-16(28-2)4-6-17/h3-8H,9-14H2,1-2H3,(H,21,23). The summed E-state index contributed by atoms with van der Waals surface area (Å²) in [5, 5.41) is 11.2. The van der Waals surface area contributed by atoms with Crippen molar-refractivity contribution in [1.29, 1.82) is 0 Å². The molecule has 1 fully saturated rings. The van der Waals surface area contributed by atoms with Gasteiger partial charge in [-0.3, -0.25) is 9.59 Å². The van der Waals surface area contributed by atoms with Gasteiger partial charge in [0.25, 0.3) is 5.91 Å². The average molecular weight is 399 g/mol. The second-order valence-corrected chi connectivity index (χ2v) is 6.55. The molecule has 0 bridgehead atoms. The largest absolute Gasteiger partial charge is 0.497 e. The van der Waals surface area contributed by atoms with Crippen molar-refractivity contribution in [3.05, 3.63) is 42.1 Å². The van der Waals surface area contributed by atoms with Crippen molar-refractivity contribution in [2.75, 3.05) is 51.8 Å². The van der Waals surface area contributed by atoms with Crippen LogP contribution in [0.4, 0.5) is 5.82 Å². The average Bonchev–Trinajstić information content (AvgIpc) is 2.77. The monoisotopic (exact) mass is 399 g/mol. The molecule has 2 heterocycles. The fourth-order valence-corrected chi connectivity index (χ4v) is 2.95. The molecule has 9 nitrogen and oxygen atoms in total. The first-order chi connectivity index (χ1) is 14.1. The Kier molecular flexibility index (Phi) is 6.83. The van der Waals surface area contributed by atoms with Gasteiger partial charge in [0.1, 0.15) is 23.9 Å². The van der Waals surface area contributed by atoms with E-state index in [1.165, 1.54) is 6.92 Å². The Bertz CT molecular complexity index is 818. The van der Waals surface area contributed by atoms with Gasteiger partial charge in [-0.1, -0.05) is 0 Å². The maximum atomic E-state index is 12.5. The van der Waals surface area contributed by atoms with E-state index in [0.717, 1.165) is 11.5 Å². The highest BCUT2D eigenvalue weighted by atomic mass is 16.5. The number of carbonyl (C=O) groups is 2. The first kappa shape index (κ1) is 20.4. The fraction of sp³-hybridized carbons (Fsp3) is 0.400. The lowest BCUT2D eigenvalue weighted by Gasteiger charge is -2.33. The topological polar surface area (TPSA) is 96.9 Å². The number of methoxy groups -OCH3 is 1. The van der Waals surface area contributed by atoms with E-state index in [9.17, 15) is 9.59 Å². The van der Waals surface area contributed by atoms with Gasteiger partial charge in [0.2, 0.25) is 5.91 Å². The second kappa shape index (κ2) is 9.72. The van der Waals surface area contributed by atoms with Crippen LogP contribution in [0.25, 0.3) is 0 Å². The van der Waals surface area contributed by atoms with Gasteiger partial charge in [0, 0.05) is 33.1 Å². The third-order valence-corrected chi connectivity index (χ3v) is 4.63. The van der Waals surface area contributed by atoms with Crippen LogP contribution in [-0.2, 0) is 4.79 Å². The van der Waals surface area contributed by atoms with Gasteiger partial charge in [0.15, 0.2) is 5.69 Å². The molecule has 0 radical (unpaired) electrons. The van der Waals surface area contributed by atoms with E-state index in [1.807, 2.05) is 24.3 Å². The second-order valence-electron chi connectivity index (χ2n) is 6.55. The Morgan fingerprint density at radius 3 is 2.21 bits per heavy atom. The van der Waals surface area contributed by atoms with Crippen molar-refractivity contribution >= 4 is 17.6 Å². The van der Waals surface area contributed by atoms with Gasteiger partial charge >= 0.3 is 0 Å². The fourth-order valence-electron chi connectivity index (χ4n) is 2.95. The predicted octanol–water partition coefficient (Wildman–Crippen LogP) is 1.28. The number of benzene rings is 1. The number of carbonyl (C=O) groups excluding carboxylic acids is 2. The summed E-state index contributed by atoms with van der Waals surface area (Å²) in [6, 6.07) is 10.7. The lowest BCUT2D eigenvalue weighted by atomic mass is 10.2. The zero-order chi connectivity index (χ0) is 20.6. The number of amides is 2. The molecule has 0 atom stereocenters.